The first-order valence-corrected chi connectivity index (χ1v) is 7.35. The van der Waals surface area contributed by atoms with E-state index < -0.39 is 0 Å². The molecule has 1 aromatic rings. The lowest BCUT2D eigenvalue weighted by molar-refractivity contribution is 0.258. The van der Waals surface area contributed by atoms with Crippen molar-refractivity contribution in [2.24, 2.45) is 11.3 Å². The fourth-order valence-electron chi connectivity index (χ4n) is 2.49. The van der Waals surface area contributed by atoms with Crippen molar-refractivity contribution in [1.29, 1.82) is 0 Å². The van der Waals surface area contributed by atoms with E-state index in [4.69, 9.17) is 0 Å². The van der Waals surface area contributed by atoms with E-state index in [-0.39, 0.29) is 0 Å². The zero-order valence-corrected chi connectivity index (χ0v) is 11.3. The van der Waals surface area contributed by atoms with Crippen molar-refractivity contribution in [2.45, 2.75) is 39.5 Å². The smallest absolute Gasteiger partial charge is 0.00512 e. The first kappa shape index (κ1) is 12.1. The van der Waals surface area contributed by atoms with E-state index in [1.54, 1.807) is 4.88 Å². The molecule has 1 fully saturated rings. The van der Waals surface area contributed by atoms with Gasteiger partial charge in [-0.15, -0.1) is 11.3 Å². The minimum absolute atomic E-state index is 0.486. The van der Waals surface area contributed by atoms with Crippen LogP contribution in [0.1, 0.15) is 38.0 Å². The second-order valence-corrected chi connectivity index (χ2v) is 6.39. The lowest BCUT2D eigenvalue weighted by atomic mass is 9.81. The molecule has 2 heteroatoms. The second kappa shape index (κ2) is 5.33. The summed E-state index contributed by atoms with van der Waals surface area (Å²) in [5.41, 5.74) is 0.486. The Morgan fingerprint density at radius 3 is 2.88 bits per heavy atom. The van der Waals surface area contributed by atoms with Crippen molar-refractivity contribution in [1.82, 2.24) is 5.32 Å². The van der Waals surface area contributed by atoms with E-state index in [9.17, 15) is 0 Å². The van der Waals surface area contributed by atoms with Crippen LogP contribution >= 0.6 is 11.3 Å². The Morgan fingerprint density at radius 1 is 1.50 bits per heavy atom. The molecule has 1 aromatic heterocycles. The van der Waals surface area contributed by atoms with Crippen molar-refractivity contribution < 1.29 is 0 Å². The predicted molar refractivity (Wildman–Crippen MR) is 72.0 cm³/mol. The number of thiophene rings is 1. The van der Waals surface area contributed by atoms with Crippen molar-refractivity contribution in [2.75, 3.05) is 13.1 Å². The molecule has 16 heavy (non-hydrogen) atoms. The van der Waals surface area contributed by atoms with Gasteiger partial charge in [0.05, 0.1) is 0 Å². The van der Waals surface area contributed by atoms with Gasteiger partial charge in [0, 0.05) is 11.4 Å². The van der Waals surface area contributed by atoms with E-state index in [1.807, 2.05) is 11.3 Å². The van der Waals surface area contributed by atoms with Gasteiger partial charge in [-0.05, 0) is 55.0 Å². The molecule has 0 amide bonds. The quantitative estimate of drug-likeness (QED) is 0.713. The van der Waals surface area contributed by atoms with E-state index in [2.05, 4.69) is 36.7 Å². The Hall–Kier alpha value is -0.340. The normalized spacial score (nSPS) is 19.6. The zero-order valence-electron chi connectivity index (χ0n) is 10.5. The van der Waals surface area contributed by atoms with Crippen LogP contribution in [0.2, 0.25) is 0 Å². The molecule has 1 heterocycles. The average molecular weight is 237 g/mol. The van der Waals surface area contributed by atoms with Crippen LogP contribution in [0, 0.1) is 11.3 Å². The molecule has 1 nitrogen and oxygen atoms in total. The Morgan fingerprint density at radius 2 is 2.31 bits per heavy atom. The van der Waals surface area contributed by atoms with Crippen LogP contribution in [0.4, 0.5) is 0 Å². The topological polar surface area (TPSA) is 12.0 Å². The highest BCUT2D eigenvalue weighted by Crippen LogP contribution is 2.47. The van der Waals surface area contributed by atoms with Crippen molar-refractivity contribution in [3.63, 3.8) is 0 Å². The highest BCUT2D eigenvalue weighted by atomic mass is 32.1. The summed E-state index contributed by atoms with van der Waals surface area (Å²) in [5, 5.41) is 5.81. The predicted octanol–water partition coefficient (Wildman–Crippen LogP) is 3.71. The molecule has 0 radical (unpaired) electrons. The van der Waals surface area contributed by atoms with Crippen LogP contribution in [0.3, 0.4) is 0 Å². The third kappa shape index (κ3) is 3.08. The largest absolute Gasteiger partial charge is 0.316 e. The second-order valence-electron chi connectivity index (χ2n) is 5.36. The fourth-order valence-corrected chi connectivity index (χ4v) is 3.40. The maximum absolute atomic E-state index is 3.61. The zero-order chi connectivity index (χ0) is 11.4. The minimum Gasteiger partial charge on any atom is -0.316 e. The Bertz CT molecular complexity index is 303. The number of rotatable bonds is 7. The van der Waals surface area contributed by atoms with Crippen molar-refractivity contribution >= 4 is 11.3 Å². The van der Waals surface area contributed by atoms with E-state index in [0.717, 1.165) is 12.5 Å². The minimum atomic E-state index is 0.486. The van der Waals surface area contributed by atoms with Crippen LogP contribution < -0.4 is 5.32 Å². The highest BCUT2D eigenvalue weighted by molar-refractivity contribution is 7.09. The third-order valence-electron chi connectivity index (χ3n) is 3.68. The van der Waals surface area contributed by atoms with Gasteiger partial charge in [0.2, 0.25) is 0 Å². The van der Waals surface area contributed by atoms with Crippen molar-refractivity contribution in [3.05, 3.63) is 22.4 Å². The van der Waals surface area contributed by atoms with Crippen LogP contribution in [-0.2, 0) is 6.42 Å². The van der Waals surface area contributed by atoms with Gasteiger partial charge in [-0.3, -0.25) is 0 Å². The van der Waals surface area contributed by atoms with Crippen LogP contribution in [0.15, 0.2) is 17.5 Å². The van der Waals surface area contributed by atoms with E-state index >= 15 is 0 Å². The summed E-state index contributed by atoms with van der Waals surface area (Å²) >= 11 is 1.91. The van der Waals surface area contributed by atoms with Crippen LogP contribution in [0.25, 0.3) is 0 Å². The number of hydrogen-bond donors (Lipinski definition) is 1. The molecule has 0 saturated heterocycles. The van der Waals surface area contributed by atoms with Crippen molar-refractivity contribution in [3.8, 4) is 0 Å². The number of hydrogen-bond acceptors (Lipinski definition) is 2. The average Bonchev–Trinajstić information content (AvgIpc) is 3.01. The molecule has 2 rings (SSSR count). The van der Waals surface area contributed by atoms with Gasteiger partial charge in [0.15, 0.2) is 0 Å². The fraction of sp³-hybridized carbons (Fsp3) is 0.714. The summed E-state index contributed by atoms with van der Waals surface area (Å²) in [5.74, 6) is 0.957. The SMILES string of the molecule is CCCNCC(C)(Cc1cccs1)C1CC1. The maximum atomic E-state index is 3.61. The summed E-state index contributed by atoms with van der Waals surface area (Å²) < 4.78 is 0. The summed E-state index contributed by atoms with van der Waals surface area (Å²) in [4.78, 5) is 1.55. The van der Waals surface area contributed by atoms with Gasteiger partial charge in [0.1, 0.15) is 0 Å². The molecule has 0 aromatic carbocycles. The molecule has 0 aliphatic heterocycles. The Kier molecular flexibility index (Phi) is 4.04. The van der Waals surface area contributed by atoms with Crippen LogP contribution in [-0.4, -0.2) is 13.1 Å². The highest BCUT2D eigenvalue weighted by Gasteiger charge is 2.41. The summed E-state index contributed by atoms with van der Waals surface area (Å²) in [6, 6.07) is 4.46. The molecule has 1 aliphatic rings. The molecule has 1 atom stereocenters. The van der Waals surface area contributed by atoms with Crippen LogP contribution in [0.5, 0.6) is 0 Å². The maximum Gasteiger partial charge on any atom is 0.00512 e. The Balaban J connectivity index is 1.92. The molecule has 1 aliphatic carbocycles. The van der Waals surface area contributed by atoms with Gasteiger partial charge < -0.3 is 5.32 Å². The lowest BCUT2D eigenvalue weighted by Crippen LogP contribution is -2.35. The van der Waals surface area contributed by atoms with Gasteiger partial charge in [0.25, 0.3) is 0 Å². The molecule has 1 saturated carbocycles. The number of nitrogens with one attached hydrogen (secondary N) is 1. The molecule has 1 N–H and O–H groups in total. The monoisotopic (exact) mass is 237 g/mol. The van der Waals surface area contributed by atoms with E-state index in [0.29, 0.717) is 5.41 Å². The molecule has 0 spiro atoms. The summed E-state index contributed by atoms with van der Waals surface area (Å²) in [6.45, 7) is 7.05. The lowest BCUT2D eigenvalue weighted by Gasteiger charge is -2.29. The molecule has 0 bridgehead atoms. The van der Waals surface area contributed by atoms with E-state index in [1.165, 1.54) is 32.2 Å². The van der Waals surface area contributed by atoms with Gasteiger partial charge >= 0.3 is 0 Å². The molecular formula is C14H23NS. The summed E-state index contributed by atoms with van der Waals surface area (Å²) in [7, 11) is 0. The van der Waals surface area contributed by atoms with Gasteiger partial charge in [-0.1, -0.05) is 19.9 Å². The standard InChI is InChI=1S/C14H23NS/c1-3-8-15-11-14(2,12-6-7-12)10-13-5-4-9-16-13/h4-5,9,12,15H,3,6-8,10-11H2,1-2H3. The molecule has 1 unspecified atom stereocenters. The molecular weight excluding hydrogens is 214 g/mol. The first-order chi connectivity index (χ1) is 7.74. The Labute approximate surface area is 103 Å². The molecule has 90 valence electrons. The van der Waals surface area contributed by atoms with Gasteiger partial charge in [-0.2, -0.15) is 0 Å². The first-order valence-electron chi connectivity index (χ1n) is 6.48. The summed E-state index contributed by atoms with van der Waals surface area (Å²) in [6.07, 6.45) is 5.37. The van der Waals surface area contributed by atoms with Gasteiger partial charge in [-0.25, -0.2) is 0 Å². The third-order valence-corrected chi connectivity index (χ3v) is 4.55.